The molecule has 134 valence electrons. The predicted octanol–water partition coefficient (Wildman–Crippen LogP) is 1.37. The summed E-state index contributed by atoms with van der Waals surface area (Å²) in [4.78, 5) is 45.6. The maximum absolute atomic E-state index is 11.9. The highest BCUT2D eigenvalue weighted by Crippen LogP contribution is 2.15. The first-order valence-electron chi connectivity index (χ1n) is 7.59. The van der Waals surface area contributed by atoms with E-state index in [0.29, 0.717) is 11.4 Å². The first-order chi connectivity index (χ1) is 11.8. The third-order valence-corrected chi connectivity index (χ3v) is 3.15. The molecule has 0 aromatic heterocycles. The van der Waals surface area contributed by atoms with E-state index in [0.717, 1.165) is 0 Å². The number of aliphatic carboxylic acids is 1. The summed E-state index contributed by atoms with van der Waals surface area (Å²) >= 11 is 0. The molecule has 0 aliphatic carbocycles. The number of benzene rings is 1. The normalized spacial score (nSPS) is 11.1. The largest absolute Gasteiger partial charge is 0.481 e. The van der Waals surface area contributed by atoms with Crippen LogP contribution in [0.4, 0.5) is 11.4 Å². The third kappa shape index (κ3) is 7.78. The summed E-state index contributed by atoms with van der Waals surface area (Å²) in [5.74, 6) is -3.19. The number of rotatable bonds is 9. The maximum atomic E-state index is 11.9. The van der Waals surface area contributed by atoms with E-state index in [1.165, 1.54) is 13.0 Å². The Hall–Kier alpha value is -3.16. The van der Waals surface area contributed by atoms with Crippen LogP contribution in [-0.4, -0.2) is 35.3 Å². The summed E-state index contributed by atoms with van der Waals surface area (Å²) in [6, 6.07) is 6.54. The van der Waals surface area contributed by atoms with E-state index >= 15 is 0 Å². The minimum Gasteiger partial charge on any atom is -0.481 e. The Morgan fingerprint density at radius 2 is 1.80 bits per heavy atom. The van der Waals surface area contributed by atoms with Gasteiger partial charge in [0.2, 0.25) is 17.7 Å². The summed E-state index contributed by atoms with van der Waals surface area (Å²) in [7, 11) is 0. The van der Waals surface area contributed by atoms with Crippen molar-refractivity contribution < 1.29 is 24.3 Å². The van der Waals surface area contributed by atoms with E-state index in [4.69, 9.17) is 5.11 Å². The molecule has 0 fully saturated rings. The van der Waals surface area contributed by atoms with E-state index in [1.54, 1.807) is 24.3 Å². The Morgan fingerprint density at radius 3 is 2.36 bits per heavy atom. The average Bonchev–Trinajstić information content (AvgIpc) is 2.52. The Morgan fingerprint density at radius 1 is 1.16 bits per heavy atom. The number of carboxylic acids is 1. The molecule has 0 aliphatic heterocycles. The van der Waals surface area contributed by atoms with Gasteiger partial charge in [0, 0.05) is 24.7 Å². The monoisotopic (exact) mass is 347 g/mol. The number of carbonyl (C=O) groups excluding carboxylic acids is 3. The smallest absolute Gasteiger partial charge is 0.307 e. The van der Waals surface area contributed by atoms with Crippen molar-refractivity contribution in [3.05, 3.63) is 36.9 Å². The summed E-state index contributed by atoms with van der Waals surface area (Å²) < 4.78 is 0. The summed E-state index contributed by atoms with van der Waals surface area (Å²) in [5, 5.41) is 16.5. The summed E-state index contributed by atoms with van der Waals surface area (Å²) in [5.41, 5.74) is 0.989. The van der Waals surface area contributed by atoms with Gasteiger partial charge in [0.25, 0.3) is 0 Å². The molecule has 1 atom stereocenters. The third-order valence-electron chi connectivity index (χ3n) is 3.15. The molecule has 3 amide bonds. The van der Waals surface area contributed by atoms with Gasteiger partial charge >= 0.3 is 5.97 Å². The molecule has 0 saturated carbocycles. The van der Waals surface area contributed by atoms with Gasteiger partial charge in [-0.2, -0.15) is 0 Å². The van der Waals surface area contributed by atoms with Crippen LogP contribution < -0.4 is 16.0 Å². The quantitative estimate of drug-likeness (QED) is 0.502. The van der Waals surface area contributed by atoms with Crippen LogP contribution in [-0.2, 0) is 19.2 Å². The number of carbonyl (C=O) groups is 4. The highest BCUT2D eigenvalue weighted by Gasteiger charge is 2.20. The lowest BCUT2D eigenvalue weighted by Crippen LogP contribution is -2.34. The minimum atomic E-state index is -1.09. The van der Waals surface area contributed by atoms with Crippen LogP contribution in [0.2, 0.25) is 0 Å². The number of carboxylic acid groups (broad SMARTS) is 1. The second kappa shape index (κ2) is 9.86. The van der Waals surface area contributed by atoms with E-state index < -0.39 is 23.7 Å². The molecule has 0 saturated heterocycles. The molecule has 0 aliphatic rings. The molecule has 0 radical (unpaired) electrons. The van der Waals surface area contributed by atoms with Gasteiger partial charge in [-0.1, -0.05) is 12.1 Å². The standard InChI is InChI=1S/C17H21N3O5/c1-3-5-12(17(24)25)8-15(22)18-10-16(23)20-14-7-4-6-13(9-14)19-11(2)21/h3-4,6-7,9,12H,1,5,8,10H2,2H3,(H,18,22)(H,19,21)(H,20,23)(H,24,25). The van der Waals surface area contributed by atoms with Crippen LogP contribution in [0.1, 0.15) is 19.8 Å². The fraction of sp³-hybridized carbons (Fsp3) is 0.294. The lowest BCUT2D eigenvalue weighted by atomic mass is 10.0. The van der Waals surface area contributed by atoms with Gasteiger partial charge in [0.1, 0.15) is 0 Å². The van der Waals surface area contributed by atoms with Gasteiger partial charge in [-0.05, 0) is 24.6 Å². The molecule has 8 nitrogen and oxygen atoms in total. The molecule has 1 unspecified atom stereocenters. The predicted molar refractivity (Wildman–Crippen MR) is 92.9 cm³/mol. The number of hydrogen-bond donors (Lipinski definition) is 4. The van der Waals surface area contributed by atoms with Crippen LogP contribution in [0.25, 0.3) is 0 Å². The van der Waals surface area contributed by atoms with Gasteiger partial charge in [-0.3, -0.25) is 19.2 Å². The topological polar surface area (TPSA) is 125 Å². The zero-order valence-corrected chi connectivity index (χ0v) is 13.9. The molecule has 1 aromatic rings. The molecule has 0 bridgehead atoms. The van der Waals surface area contributed by atoms with Crippen LogP contribution in [0.15, 0.2) is 36.9 Å². The van der Waals surface area contributed by atoms with Gasteiger partial charge in [0.05, 0.1) is 12.5 Å². The van der Waals surface area contributed by atoms with Crippen molar-refractivity contribution in [2.45, 2.75) is 19.8 Å². The second-order valence-electron chi connectivity index (χ2n) is 5.35. The van der Waals surface area contributed by atoms with E-state index in [9.17, 15) is 19.2 Å². The molecule has 8 heteroatoms. The molecule has 25 heavy (non-hydrogen) atoms. The molecule has 0 spiro atoms. The van der Waals surface area contributed by atoms with Gasteiger partial charge in [-0.15, -0.1) is 6.58 Å². The fourth-order valence-electron chi connectivity index (χ4n) is 2.03. The molecule has 1 aromatic carbocycles. The van der Waals surface area contributed by atoms with Crippen LogP contribution >= 0.6 is 0 Å². The second-order valence-corrected chi connectivity index (χ2v) is 5.35. The van der Waals surface area contributed by atoms with Gasteiger partial charge in [0.15, 0.2) is 0 Å². The summed E-state index contributed by atoms with van der Waals surface area (Å²) in [6.45, 7) is 4.54. The van der Waals surface area contributed by atoms with Crippen molar-refractivity contribution in [3.63, 3.8) is 0 Å². The average molecular weight is 347 g/mol. The molecule has 1 rings (SSSR count). The minimum absolute atomic E-state index is 0.172. The number of allylic oxidation sites excluding steroid dienone is 1. The number of amides is 3. The first kappa shape index (κ1) is 19.9. The number of nitrogens with one attached hydrogen (secondary N) is 3. The molecular weight excluding hydrogens is 326 g/mol. The van der Waals surface area contributed by atoms with E-state index in [2.05, 4.69) is 22.5 Å². The van der Waals surface area contributed by atoms with Crippen molar-refractivity contribution in [2.24, 2.45) is 5.92 Å². The Labute approximate surface area is 145 Å². The highest BCUT2D eigenvalue weighted by atomic mass is 16.4. The molecule has 4 N–H and O–H groups in total. The highest BCUT2D eigenvalue weighted by molar-refractivity contribution is 5.96. The summed E-state index contributed by atoms with van der Waals surface area (Å²) in [6.07, 6.45) is 1.37. The van der Waals surface area contributed by atoms with Crippen molar-refractivity contribution >= 4 is 35.1 Å². The van der Waals surface area contributed by atoms with Crippen molar-refractivity contribution in [1.29, 1.82) is 0 Å². The maximum Gasteiger partial charge on any atom is 0.307 e. The Kier molecular flexibility index (Phi) is 7.85. The Bertz CT molecular complexity index is 672. The van der Waals surface area contributed by atoms with E-state index in [1.807, 2.05) is 0 Å². The zero-order valence-electron chi connectivity index (χ0n) is 13.9. The van der Waals surface area contributed by atoms with E-state index in [-0.39, 0.29) is 25.3 Å². The fourth-order valence-corrected chi connectivity index (χ4v) is 2.03. The van der Waals surface area contributed by atoms with Crippen molar-refractivity contribution in [3.8, 4) is 0 Å². The number of hydrogen-bond acceptors (Lipinski definition) is 4. The van der Waals surface area contributed by atoms with Crippen LogP contribution in [0.5, 0.6) is 0 Å². The van der Waals surface area contributed by atoms with Crippen molar-refractivity contribution in [2.75, 3.05) is 17.2 Å². The first-order valence-corrected chi connectivity index (χ1v) is 7.59. The zero-order chi connectivity index (χ0) is 18.8. The Balaban J connectivity index is 2.49. The number of anilines is 2. The molecular formula is C17H21N3O5. The SMILES string of the molecule is C=CCC(CC(=O)NCC(=O)Nc1cccc(NC(C)=O)c1)C(=O)O. The van der Waals surface area contributed by atoms with Crippen LogP contribution in [0, 0.1) is 5.92 Å². The molecule has 0 heterocycles. The van der Waals surface area contributed by atoms with Crippen molar-refractivity contribution in [1.82, 2.24) is 5.32 Å². The lowest BCUT2D eigenvalue weighted by Gasteiger charge is -2.11. The van der Waals surface area contributed by atoms with Crippen LogP contribution in [0.3, 0.4) is 0 Å². The van der Waals surface area contributed by atoms with Gasteiger partial charge < -0.3 is 21.1 Å². The lowest BCUT2D eigenvalue weighted by molar-refractivity contribution is -0.143. The van der Waals surface area contributed by atoms with Gasteiger partial charge in [-0.25, -0.2) is 0 Å².